The second-order valence-corrected chi connectivity index (χ2v) is 7.39. The highest BCUT2D eigenvalue weighted by molar-refractivity contribution is 7.91. The van der Waals surface area contributed by atoms with Crippen molar-refractivity contribution in [1.82, 2.24) is 9.97 Å². The Kier molecular flexibility index (Phi) is 3.14. The molecular formula is C10H15ClN4O2S. The smallest absolute Gasteiger partial charge is 0.224 e. The second-order valence-electron chi connectivity index (χ2n) is 4.87. The first-order valence-electron chi connectivity index (χ1n) is 5.49. The molecule has 0 aromatic carbocycles. The Hall–Kier alpha value is -1.08. The summed E-state index contributed by atoms with van der Waals surface area (Å²) < 4.78 is 23.1. The molecule has 0 radical (unpaired) electrons. The topological polar surface area (TPSA) is 98.0 Å². The van der Waals surface area contributed by atoms with Gasteiger partial charge in [0.1, 0.15) is 0 Å². The average Bonchev–Trinajstić information content (AvgIpc) is 2.49. The van der Waals surface area contributed by atoms with Crippen LogP contribution in [0.5, 0.6) is 0 Å². The Morgan fingerprint density at radius 3 is 2.67 bits per heavy atom. The first-order chi connectivity index (χ1) is 8.21. The number of anilines is 2. The van der Waals surface area contributed by atoms with Crippen LogP contribution in [-0.4, -0.2) is 35.4 Å². The van der Waals surface area contributed by atoms with E-state index in [9.17, 15) is 8.42 Å². The molecule has 2 heterocycles. The van der Waals surface area contributed by atoms with Gasteiger partial charge in [-0.2, -0.15) is 4.98 Å². The predicted molar refractivity (Wildman–Crippen MR) is 71.5 cm³/mol. The van der Waals surface area contributed by atoms with Gasteiger partial charge in [-0.15, -0.1) is 0 Å². The Labute approximate surface area is 111 Å². The zero-order valence-corrected chi connectivity index (χ0v) is 11.8. The van der Waals surface area contributed by atoms with Crippen molar-refractivity contribution in [3.63, 3.8) is 0 Å². The summed E-state index contributed by atoms with van der Waals surface area (Å²) in [5.41, 5.74) is 6.27. The minimum absolute atomic E-state index is 0.0696. The first kappa shape index (κ1) is 13.4. The number of sulfone groups is 1. The number of hydrogen-bond acceptors (Lipinski definition) is 6. The molecule has 0 bridgehead atoms. The minimum atomic E-state index is -2.99. The van der Waals surface area contributed by atoms with Crippen molar-refractivity contribution in [1.29, 1.82) is 0 Å². The van der Waals surface area contributed by atoms with Gasteiger partial charge in [0, 0.05) is 0 Å². The molecule has 1 aromatic rings. The summed E-state index contributed by atoms with van der Waals surface area (Å²) >= 11 is 5.77. The van der Waals surface area contributed by atoms with Crippen LogP contribution in [0, 0.1) is 6.92 Å². The van der Waals surface area contributed by atoms with E-state index < -0.39 is 15.4 Å². The van der Waals surface area contributed by atoms with Crippen LogP contribution in [0.25, 0.3) is 0 Å². The van der Waals surface area contributed by atoms with Gasteiger partial charge >= 0.3 is 0 Å². The van der Waals surface area contributed by atoms with Gasteiger partial charge in [0.25, 0.3) is 0 Å². The summed E-state index contributed by atoms with van der Waals surface area (Å²) in [5.74, 6) is 0.640. The molecule has 1 atom stereocenters. The fourth-order valence-corrected chi connectivity index (χ4v) is 4.34. The number of aryl methyl sites for hydroxylation is 1. The van der Waals surface area contributed by atoms with E-state index in [1.54, 1.807) is 6.92 Å². The zero-order chi connectivity index (χ0) is 13.6. The van der Waals surface area contributed by atoms with Gasteiger partial charge in [0.2, 0.25) is 5.28 Å². The van der Waals surface area contributed by atoms with Crippen LogP contribution in [0.2, 0.25) is 5.28 Å². The Morgan fingerprint density at radius 1 is 1.44 bits per heavy atom. The van der Waals surface area contributed by atoms with Crippen molar-refractivity contribution in [2.24, 2.45) is 0 Å². The number of nitrogens with one attached hydrogen (secondary N) is 1. The lowest BCUT2D eigenvalue weighted by atomic mass is 10.0. The number of nitrogens with two attached hydrogens (primary N) is 1. The van der Waals surface area contributed by atoms with Crippen LogP contribution in [-0.2, 0) is 9.84 Å². The normalized spacial score (nSPS) is 26.2. The maximum atomic E-state index is 11.5. The number of rotatable bonds is 2. The molecule has 6 nitrogen and oxygen atoms in total. The molecule has 0 amide bonds. The Morgan fingerprint density at radius 2 is 2.11 bits per heavy atom. The fourth-order valence-electron chi connectivity index (χ4n) is 2.04. The lowest BCUT2D eigenvalue weighted by molar-refractivity contribution is 0.572. The van der Waals surface area contributed by atoms with E-state index in [1.165, 1.54) is 0 Å². The van der Waals surface area contributed by atoms with Gasteiger partial charge in [0.15, 0.2) is 15.7 Å². The number of halogens is 1. The van der Waals surface area contributed by atoms with Crippen molar-refractivity contribution in [3.05, 3.63) is 11.0 Å². The monoisotopic (exact) mass is 290 g/mol. The molecule has 1 unspecified atom stereocenters. The van der Waals surface area contributed by atoms with Gasteiger partial charge in [0.05, 0.1) is 28.4 Å². The standard InChI is InChI=1S/C10H15ClN4O2S/c1-6-7(12)8(14-9(11)13-6)15-10(2)3-4-18(16,17)5-10/h3-5,12H2,1-2H3,(H,13,14,15). The van der Waals surface area contributed by atoms with Crippen molar-refractivity contribution in [2.75, 3.05) is 22.6 Å². The predicted octanol–water partition coefficient (Wildman–Crippen LogP) is 1.01. The van der Waals surface area contributed by atoms with E-state index in [-0.39, 0.29) is 16.8 Å². The molecule has 1 aliphatic rings. The van der Waals surface area contributed by atoms with Gasteiger partial charge in [-0.1, -0.05) is 0 Å². The quantitative estimate of drug-likeness (QED) is 0.789. The van der Waals surface area contributed by atoms with Crippen molar-refractivity contribution in [2.45, 2.75) is 25.8 Å². The van der Waals surface area contributed by atoms with E-state index >= 15 is 0 Å². The van der Waals surface area contributed by atoms with Crippen LogP contribution < -0.4 is 11.1 Å². The van der Waals surface area contributed by atoms with Gasteiger partial charge in [-0.05, 0) is 31.9 Å². The van der Waals surface area contributed by atoms with E-state index in [4.69, 9.17) is 17.3 Å². The van der Waals surface area contributed by atoms with Crippen LogP contribution in [0.3, 0.4) is 0 Å². The molecule has 1 aromatic heterocycles. The number of aromatic nitrogens is 2. The van der Waals surface area contributed by atoms with Crippen molar-refractivity contribution in [3.8, 4) is 0 Å². The fraction of sp³-hybridized carbons (Fsp3) is 0.600. The average molecular weight is 291 g/mol. The van der Waals surface area contributed by atoms with E-state index in [1.807, 2.05) is 6.92 Å². The van der Waals surface area contributed by atoms with E-state index in [2.05, 4.69) is 15.3 Å². The van der Waals surface area contributed by atoms with Crippen LogP contribution in [0.1, 0.15) is 19.0 Å². The molecule has 0 saturated carbocycles. The molecule has 1 aliphatic heterocycles. The first-order valence-corrected chi connectivity index (χ1v) is 7.69. The van der Waals surface area contributed by atoms with Crippen molar-refractivity contribution >= 4 is 32.9 Å². The summed E-state index contributed by atoms with van der Waals surface area (Å²) in [5, 5.41) is 3.17. The largest absolute Gasteiger partial charge is 0.394 e. The summed E-state index contributed by atoms with van der Waals surface area (Å²) in [6.07, 6.45) is 0.523. The third kappa shape index (κ3) is 2.67. The molecule has 1 saturated heterocycles. The van der Waals surface area contributed by atoms with Crippen molar-refractivity contribution < 1.29 is 8.42 Å². The van der Waals surface area contributed by atoms with Gasteiger partial charge in [-0.3, -0.25) is 0 Å². The minimum Gasteiger partial charge on any atom is -0.394 e. The van der Waals surface area contributed by atoms with Crippen LogP contribution in [0.4, 0.5) is 11.5 Å². The van der Waals surface area contributed by atoms with Gasteiger partial charge < -0.3 is 11.1 Å². The Bertz CT molecular complexity index is 590. The summed E-state index contributed by atoms with van der Waals surface area (Å²) in [6.45, 7) is 3.56. The second kappa shape index (κ2) is 4.24. The number of nitrogens with zero attached hydrogens (tertiary/aromatic N) is 2. The lowest BCUT2D eigenvalue weighted by Gasteiger charge is -2.25. The van der Waals surface area contributed by atoms with Crippen LogP contribution in [0.15, 0.2) is 0 Å². The lowest BCUT2D eigenvalue weighted by Crippen LogP contribution is -2.36. The summed E-state index contributed by atoms with van der Waals surface area (Å²) in [7, 11) is -2.99. The van der Waals surface area contributed by atoms with E-state index in [0.717, 1.165) is 0 Å². The van der Waals surface area contributed by atoms with Crippen LogP contribution >= 0.6 is 11.6 Å². The number of nitrogen functional groups attached to an aromatic ring is 1. The van der Waals surface area contributed by atoms with E-state index in [0.29, 0.717) is 23.6 Å². The molecule has 0 aliphatic carbocycles. The highest BCUT2D eigenvalue weighted by Crippen LogP contribution is 2.30. The molecule has 100 valence electrons. The third-order valence-electron chi connectivity index (χ3n) is 3.03. The highest BCUT2D eigenvalue weighted by Gasteiger charge is 2.39. The third-order valence-corrected chi connectivity index (χ3v) is 5.10. The molecule has 3 N–H and O–H groups in total. The summed E-state index contributed by atoms with van der Waals surface area (Å²) in [4.78, 5) is 7.94. The molecule has 1 fully saturated rings. The molecule has 0 spiro atoms. The SMILES string of the molecule is Cc1nc(Cl)nc(NC2(C)CCS(=O)(=O)C2)c1N. The maximum absolute atomic E-state index is 11.5. The highest BCUT2D eigenvalue weighted by atomic mass is 35.5. The molecule has 2 rings (SSSR count). The molecule has 18 heavy (non-hydrogen) atoms. The molecule has 8 heteroatoms. The number of hydrogen-bond donors (Lipinski definition) is 2. The summed E-state index contributed by atoms with van der Waals surface area (Å²) in [6, 6.07) is 0. The zero-order valence-electron chi connectivity index (χ0n) is 10.2. The van der Waals surface area contributed by atoms with Gasteiger partial charge in [-0.25, -0.2) is 13.4 Å². The molecular weight excluding hydrogens is 276 g/mol. The maximum Gasteiger partial charge on any atom is 0.224 e. The Balaban J connectivity index is 2.30.